The lowest BCUT2D eigenvalue weighted by Gasteiger charge is -2.41. The lowest BCUT2D eigenvalue weighted by atomic mass is 9.80. The highest BCUT2D eigenvalue weighted by Crippen LogP contribution is 2.34. The van der Waals surface area contributed by atoms with Crippen LogP contribution in [0.15, 0.2) is 12.2 Å². The topological polar surface area (TPSA) is 12.5 Å². The van der Waals surface area contributed by atoms with Gasteiger partial charge in [-0.15, -0.1) is 0 Å². The quantitative estimate of drug-likeness (QED) is 0.666. The van der Waals surface area contributed by atoms with E-state index in [9.17, 15) is 0 Å². The number of hydrogen-bond donors (Lipinski definition) is 0. The van der Waals surface area contributed by atoms with Crippen LogP contribution < -0.4 is 0 Å². The van der Waals surface area contributed by atoms with E-state index in [1.54, 1.807) is 0 Å². The summed E-state index contributed by atoms with van der Waals surface area (Å²) in [6, 6.07) is 0. The Balaban J connectivity index is 2.64. The molecule has 0 spiro atoms. The van der Waals surface area contributed by atoms with E-state index in [-0.39, 0.29) is 5.41 Å². The Morgan fingerprint density at radius 3 is 2.47 bits per heavy atom. The molecule has 1 heterocycles. The Morgan fingerprint density at radius 2 is 2.00 bits per heavy atom. The van der Waals surface area contributed by atoms with Gasteiger partial charge in [0.05, 0.1) is 12.2 Å². The Bertz CT molecular complexity index is 233. The highest BCUT2D eigenvalue weighted by Gasteiger charge is 2.35. The van der Waals surface area contributed by atoms with E-state index in [1.165, 1.54) is 5.57 Å². The number of ether oxygens (including phenoxy) is 1. The monoisotopic (exact) mass is 211 g/mol. The minimum Gasteiger partial charge on any atom is -0.374 e. The molecule has 0 amide bonds. The van der Waals surface area contributed by atoms with E-state index >= 15 is 0 Å². The summed E-state index contributed by atoms with van der Waals surface area (Å²) in [4.78, 5) is 2.23. The predicted molar refractivity (Wildman–Crippen MR) is 65.0 cm³/mol. The first-order chi connectivity index (χ1) is 6.81. The fourth-order valence-electron chi connectivity index (χ4n) is 2.51. The van der Waals surface area contributed by atoms with Gasteiger partial charge in [-0.1, -0.05) is 26.0 Å². The Hall–Kier alpha value is -0.340. The van der Waals surface area contributed by atoms with Crippen molar-refractivity contribution in [1.82, 2.24) is 4.90 Å². The molecular weight excluding hydrogens is 186 g/mol. The average molecular weight is 211 g/mol. The predicted octanol–water partition coefficient (Wildman–Crippen LogP) is 2.70. The maximum absolute atomic E-state index is 6.03. The maximum atomic E-state index is 6.03. The first-order valence-corrected chi connectivity index (χ1v) is 5.78. The van der Waals surface area contributed by atoms with Gasteiger partial charge < -0.3 is 9.64 Å². The normalized spacial score (nSPS) is 28.5. The Kier molecular flexibility index (Phi) is 3.96. The SMILES string of the molecule is C=C1C[C@@H](C(C)(C)CN(C)C)O[C@@H](C)C1. The van der Waals surface area contributed by atoms with Crippen LogP contribution in [-0.4, -0.2) is 37.7 Å². The third-order valence-electron chi connectivity index (χ3n) is 3.04. The number of nitrogens with zero attached hydrogens (tertiary/aromatic N) is 1. The van der Waals surface area contributed by atoms with Crippen molar-refractivity contribution in [3.05, 3.63) is 12.2 Å². The van der Waals surface area contributed by atoms with E-state index in [4.69, 9.17) is 4.74 Å². The molecule has 2 atom stereocenters. The number of hydrogen-bond acceptors (Lipinski definition) is 2. The molecule has 0 unspecified atom stereocenters. The molecule has 0 aromatic heterocycles. The summed E-state index contributed by atoms with van der Waals surface area (Å²) < 4.78 is 6.03. The van der Waals surface area contributed by atoms with E-state index in [0.717, 1.165) is 19.4 Å². The van der Waals surface area contributed by atoms with Crippen molar-refractivity contribution >= 4 is 0 Å². The minimum absolute atomic E-state index is 0.196. The van der Waals surface area contributed by atoms with Crippen LogP contribution in [0.2, 0.25) is 0 Å². The second kappa shape index (κ2) is 4.67. The largest absolute Gasteiger partial charge is 0.374 e. The summed E-state index contributed by atoms with van der Waals surface area (Å²) in [6.07, 6.45) is 2.69. The molecule has 15 heavy (non-hydrogen) atoms. The first kappa shape index (κ1) is 12.7. The standard InChI is InChI=1S/C13H25NO/c1-10-7-11(2)15-12(8-10)13(3,4)9-14(5)6/h11-12H,1,7-9H2,2-6H3/t11-,12-/m0/s1. The van der Waals surface area contributed by atoms with E-state index in [1.807, 2.05) is 0 Å². The van der Waals surface area contributed by atoms with Crippen molar-refractivity contribution in [3.8, 4) is 0 Å². The second-order valence-electron chi connectivity index (χ2n) is 5.82. The molecule has 1 aliphatic rings. The first-order valence-electron chi connectivity index (χ1n) is 5.78. The minimum atomic E-state index is 0.196. The van der Waals surface area contributed by atoms with Crippen molar-refractivity contribution in [3.63, 3.8) is 0 Å². The molecule has 1 saturated heterocycles. The lowest BCUT2D eigenvalue weighted by Crippen LogP contribution is -2.44. The average Bonchev–Trinajstić information content (AvgIpc) is 1.99. The molecule has 0 bridgehead atoms. The van der Waals surface area contributed by atoms with Crippen LogP contribution in [-0.2, 0) is 4.74 Å². The molecule has 0 N–H and O–H groups in total. The van der Waals surface area contributed by atoms with Gasteiger partial charge in [-0.3, -0.25) is 0 Å². The summed E-state index contributed by atoms with van der Waals surface area (Å²) in [6.45, 7) is 11.9. The summed E-state index contributed by atoms with van der Waals surface area (Å²) in [5.41, 5.74) is 1.53. The van der Waals surface area contributed by atoms with Crippen molar-refractivity contribution in [2.75, 3.05) is 20.6 Å². The molecule has 0 saturated carbocycles. The fraction of sp³-hybridized carbons (Fsp3) is 0.846. The van der Waals surface area contributed by atoms with Crippen molar-refractivity contribution < 1.29 is 4.74 Å². The van der Waals surface area contributed by atoms with Crippen LogP contribution >= 0.6 is 0 Å². The zero-order valence-electron chi connectivity index (χ0n) is 10.8. The fourth-order valence-corrected chi connectivity index (χ4v) is 2.51. The zero-order chi connectivity index (χ0) is 11.6. The van der Waals surface area contributed by atoms with Gasteiger partial charge in [0.2, 0.25) is 0 Å². The smallest absolute Gasteiger partial charge is 0.0678 e. The van der Waals surface area contributed by atoms with Crippen molar-refractivity contribution in [1.29, 1.82) is 0 Å². The van der Waals surface area contributed by atoms with Gasteiger partial charge >= 0.3 is 0 Å². The van der Waals surface area contributed by atoms with Gasteiger partial charge in [0, 0.05) is 12.0 Å². The van der Waals surface area contributed by atoms with Crippen molar-refractivity contribution in [2.45, 2.75) is 45.8 Å². The summed E-state index contributed by atoms with van der Waals surface area (Å²) in [5.74, 6) is 0. The van der Waals surface area contributed by atoms with Crippen LogP contribution in [0.25, 0.3) is 0 Å². The molecule has 1 aliphatic heterocycles. The van der Waals surface area contributed by atoms with Gasteiger partial charge in [0.1, 0.15) is 0 Å². The van der Waals surface area contributed by atoms with Crippen LogP contribution in [0, 0.1) is 5.41 Å². The third kappa shape index (κ3) is 3.62. The van der Waals surface area contributed by atoms with Gasteiger partial charge in [0.15, 0.2) is 0 Å². The molecule has 2 heteroatoms. The summed E-state index contributed by atoms with van der Waals surface area (Å²) >= 11 is 0. The molecule has 1 fully saturated rings. The molecule has 0 aliphatic carbocycles. The molecular formula is C13H25NO. The Morgan fingerprint density at radius 1 is 1.40 bits per heavy atom. The van der Waals surface area contributed by atoms with Crippen LogP contribution in [0.4, 0.5) is 0 Å². The molecule has 0 aromatic carbocycles. The van der Waals surface area contributed by atoms with Crippen LogP contribution in [0.5, 0.6) is 0 Å². The zero-order valence-corrected chi connectivity index (χ0v) is 10.8. The van der Waals surface area contributed by atoms with E-state index in [2.05, 4.69) is 46.3 Å². The van der Waals surface area contributed by atoms with Gasteiger partial charge in [-0.2, -0.15) is 0 Å². The maximum Gasteiger partial charge on any atom is 0.0678 e. The van der Waals surface area contributed by atoms with E-state index < -0.39 is 0 Å². The highest BCUT2D eigenvalue weighted by molar-refractivity contribution is 5.04. The second-order valence-corrected chi connectivity index (χ2v) is 5.82. The van der Waals surface area contributed by atoms with Crippen LogP contribution in [0.1, 0.15) is 33.6 Å². The summed E-state index contributed by atoms with van der Waals surface area (Å²) in [5, 5.41) is 0. The number of rotatable bonds is 3. The summed E-state index contributed by atoms with van der Waals surface area (Å²) in [7, 11) is 4.23. The van der Waals surface area contributed by atoms with Gasteiger partial charge in [-0.05, 0) is 33.9 Å². The third-order valence-corrected chi connectivity index (χ3v) is 3.04. The van der Waals surface area contributed by atoms with Gasteiger partial charge in [0.25, 0.3) is 0 Å². The van der Waals surface area contributed by atoms with Crippen molar-refractivity contribution in [2.24, 2.45) is 5.41 Å². The molecule has 88 valence electrons. The molecule has 0 radical (unpaired) electrons. The molecule has 0 aromatic rings. The van der Waals surface area contributed by atoms with E-state index in [0.29, 0.717) is 12.2 Å². The Labute approximate surface area is 94.3 Å². The van der Waals surface area contributed by atoms with Gasteiger partial charge in [-0.25, -0.2) is 0 Å². The van der Waals surface area contributed by atoms with Crippen LogP contribution in [0.3, 0.4) is 0 Å². The molecule has 1 rings (SSSR count). The lowest BCUT2D eigenvalue weighted by molar-refractivity contribution is -0.0860. The highest BCUT2D eigenvalue weighted by atomic mass is 16.5. The molecule has 2 nitrogen and oxygen atoms in total.